The van der Waals surface area contributed by atoms with Crippen LogP contribution in [0.3, 0.4) is 0 Å². The quantitative estimate of drug-likeness (QED) is 0.125. The van der Waals surface area contributed by atoms with Gasteiger partial charge in [0.15, 0.2) is 11.6 Å². The minimum Gasteiger partial charge on any atom is -0.489 e. The Morgan fingerprint density at radius 1 is 0.580 bits per heavy atom. The molecule has 1 N–H and O–H groups in total. The van der Waals surface area contributed by atoms with Crippen molar-refractivity contribution < 1.29 is 42.2 Å². The van der Waals surface area contributed by atoms with Crippen LogP contribution in [-0.2, 0) is 36.1 Å². The average molecular weight is 1020 g/mol. The lowest BCUT2D eigenvalue weighted by Crippen LogP contribution is -2.50. The number of allylic oxidation sites excluding steroid dienone is 2. The van der Waals surface area contributed by atoms with E-state index in [1.54, 1.807) is 102 Å². The highest BCUT2D eigenvalue weighted by atomic mass is 35.5. The van der Waals surface area contributed by atoms with Crippen molar-refractivity contribution in [3.05, 3.63) is 208 Å². The molecule has 1 aliphatic heterocycles. The van der Waals surface area contributed by atoms with Crippen molar-refractivity contribution in [3.8, 4) is 11.5 Å². The van der Waals surface area contributed by atoms with Gasteiger partial charge < -0.3 is 19.5 Å². The number of carboxylic acid groups (broad SMARTS) is 1. The van der Waals surface area contributed by atoms with Gasteiger partial charge >= 0.3 is 5.97 Å². The summed E-state index contributed by atoms with van der Waals surface area (Å²) in [4.78, 5) is 51.0. The van der Waals surface area contributed by atoms with E-state index in [4.69, 9.17) is 61.0 Å². The highest BCUT2D eigenvalue weighted by Gasteiger charge is 2.28. The summed E-state index contributed by atoms with van der Waals surface area (Å²) in [6.07, 6.45) is 5.80. The first-order valence-electron chi connectivity index (χ1n) is 21.6. The maximum atomic E-state index is 12.9. The molecule has 1 fully saturated rings. The number of Topliss-reactive ketones (excluding diaryl/α,β-unsaturated/α-hetero) is 2. The SMILES string of the molecule is CS(=O)(=O)N1CCN(C(=O)c2ccc(COc3ccc4c(c3)C/C(=C\c3cc(Cl)cc(Cl)c3)C4=O)cc2)CC1.O=C(O)c1ccc(COc2ccc3c(c2)C/C(=C\c2cc(Cl)cc(Cl)c2)C3=O)cc1. The van der Waals surface area contributed by atoms with Crippen molar-refractivity contribution in [3.63, 3.8) is 0 Å². The van der Waals surface area contributed by atoms with Crippen LogP contribution in [0.1, 0.15) is 74.8 Å². The van der Waals surface area contributed by atoms with E-state index in [-0.39, 0.29) is 23.0 Å². The molecule has 9 rings (SSSR count). The molecule has 0 aromatic heterocycles. The van der Waals surface area contributed by atoms with Gasteiger partial charge in [-0.3, -0.25) is 14.4 Å². The number of rotatable bonds is 11. The fourth-order valence-corrected chi connectivity index (χ4v) is 10.1. The summed E-state index contributed by atoms with van der Waals surface area (Å²) >= 11 is 24.3. The highest BCUT2D eigenvalue weighted by Crippen LogP contribution is 2.34. The van der Waals surface area contributed by atoms with Crippen LogP contribution in [0.25, 0.3) is 12.2 Å². The van der Waals surface area contributed by atoms with Crippen LogP contribution in [0.15, 0.2) is 132 Å². The molecule has 1 heterocycles. The summed E-state index contributed by atoms with van der Waals surface area (Å²) in [6.45, 7) is 1.93. The predicted octanol–water partition coefficient (Wildman–Crippen LogP) is 11.2. The predicted molar refractivity (Wildman–Crippen MR) is 269 cm³/mol. The van der Waals surface area contributed by atoms with Crippen LogP contribution in [0.4, 0.5) is 0 Å². The van der Waals surface area contributed by atoms with Crippen molar-refractivity contribution in [1.29, 1.82) is 0 Å². The Hall–Kier alpha value is -6.25. The van der Waals surface area contributed by atoms with Crippen LogP contribution in [-0.4, -0.2) is 78.6 Å². The van der Waals surface area contributed by atoms with Gasteiger partial charge in [0.2, 0.25) is 10.0 Å². The number of carbonyl (C=O) groups is 4. The Kier molecular flexibility index (Phi) is 15.1. The van der Waals surface area contributed by atoms with E-state index in [1.165, 1.54) is 10.6 Å². The maximum Gasteiger partial charge on any atom is 0.335 e. The number of hydrogen-bond acceptors (Lipinski definition) is 8. The zero-order chi connectivity index (χ0) is 49.0. The van der Waals surface area contributed by atoms with Gasteiger partial charge in [0, 0.05) is 86.9 Å². The van der Waals surface area contributed by atoms with Crippen LogP contribution in [0, 0.1) is 0 Å². The molecule has 3 aliphatic rings. The molecule has 352 valence electrons. The van der Waals surface area contributed by atoms with Gasteiger partial charge in [0.25, 0.3) is 5.91 Å². The van der Waals surface area contributed by atoms with E-state index in [0.29, 0.717) is 112 Å². The van der Waals surface area contributed by atoms with E-state index in [0.717, 1.165) is 33.4 Å². The Morgan fingerprint density at radius 2 is 0.986 bits per heavy atom. The number of nitrogens with zero attached hydrogens (tertiary/aromatic N) is 2. The van der Waals surface area contributed by atoms with Gasteiger partial charge in [-0.15, -0.1) is 0 Å². The van der Waals surface area contributed by atoms with Crippen molar-refractivity contribution in [2.45, 2.75) is 26.1 Å². The van der Waals surface area contributed by atoms with E-state index < -0.39 is 16.0 Å². The molecule has 69 heavy (non-hydrogen) atoms. The Labute approximate surface area is 419 Å². The third kappa shape index (κ3) is 12.3. The number of hydrogen-bond donors (Lipinski definition) is 1. The maximum absolute atomic E-state index is 12.9. The monoisotopic (exact) mass is 1020 g/mol. The summed E-state index contributed by atoms with van der Waals surface area (Å²) in [7, 11) is -3.25. The molecular formula is C53H42Cl4N2O9S. The molecule has 0 radical (unpaired) electrons. The number of aromatic carboxylic acids is 1. The van der Waals surface area contributed by atoms with E-state index in [2.05, 4.69) is 0 Å². The molecule has 0 atom stereocenters. The Balaban J connectivity index is 0.000000192. The smallest absolute Gasteiger partial charge is 0.335 e. The largest absolute Gasteiger partial charge is 0.489 e. The third-order valence-electron chi connectivity index (χ3n) is 11.6. The van der Waals surface area contributed by atoms with Crippen molar-refractivity contribution >= 4 is 92.0 Å². The zero-order valence-corrected chi connectivity index (χ0v) is 40.7. The fraction of sp³-hybridized carbons (Fsp3) is 0.170. The first kappa shape index (κ1) is 49.2. The minimum absolute atomic E-state index is 0.0168. The van der Waals surface area contributed by atoms with Crippen molar-refractivity contribution in [2.75, 3.05) is 32.4 Å². The van der Waals surface area contributed by atoms with Gasteiger partial charge in [0.05, 0.1) is 11.8 Å². The molecule has 6 aromatic rings. The summed E-state index contributed by atoms with van der Waals surface area (Å²) in [5, 5.41) is 11.0. The van der Waals surface area contributed by atoms with E-state index >= 15 is 0 Å². The van der Waals surface area contributed by atoms with Gasteiger partial charge in [-0.2, -0.15) is 4.31 Å². The molecule has 11 nitrogen and oxygen atoms in total. The number of ether oxygens (including phenoxy) is 2. The standard InChI is InChI=1S/C29H26Cl2N2O5S.C24H16Cl2O4/c1-39(36,37)33-10-8-32(9-11-33)29(35)21-4-2-19(3-5-21)18-38-26-6-7-27-22(16-26)15-23(28(27)34)12-20-13-24(30)17-25(31)14-20;25-19-8-15(9-20(26)12-19)7-18-10-17-11-21(5-6-22(17)23(18)27)30-13-14-1-3-16(4-2-14)24(28)29/h2-7,12-14,16-17H,8-11,15,18H2,1H3;1-9,11-12H,10,13H2,(H,28,29)/b23-12+;18-7+. The lowest BCUT2D eigenvalue weighted by atomic mass is 10.1. The topological polar surface area (TPSA) is 148 Å². The fourth-order valence-electron chi connectivity index (χ4n) is 8.15. The van der Waals surface area contributed by atoms with Crippen LogP contribution in [0.5, 0.6) is 11.5 Å². The summed E-state index contributed by atoms with van der Waals surface area (Å²) in [5.41, 5.74) is 8.53. The zero-order valence-electron chi connectivity index (χ0n) is 36.9. The number of ketones is 2. The Morgan fingerprint density at radius 3 is 1.38 bits per heavy atom. The second-order valence-corrected chi connectivity index (χ2v) is 20.4. The van der Waals surface area contributed by atoms with Gasteiger partial charge in [-0.05, 0) is 143 Å². The van der Waals surface area contributed by atoms with Crippen LogP contribution >= 0.6 is 46.4 Å². The number of benzene rings is 6. The molecular weight excluding hydrogens is 982 g/mol. The first-order chi connectivity index (χ1) is 32.9. The number of halogens is 4. The molecule has 16 heteroatoms. The number of carbonyl (C=O) groups excluding carboxylic acids is 3. The summed E-state index contributed by atoms with van der Waals surface area (Å²) in [5.74, 6) is 0.174. The third-order valence-corrected chi connectivity index (χ3v) is 13.8. The molecule has 0 saturated carbocycles. The molecule has 0 spiro atoms. The molecule has 0 bridgehead atoms. The molecule has 1 saturated heterocycles. The van der Waals surface area contributed by atoms with Gasteiger partial charge in [-0.1, -0.05) is 70.7 Å². The van der Waals surface area contributed by atoms with Crippen molar-refractivity contribution in [1.82, 2.24) is 9.21 Å². The Bertz CT molecular complexity index is 3140. The second kappa shape index (κ2) is 21.2. The van der Waals surface area contributed by atoms with Gasteiger partial charge in [0.1, 0.15) is 24.7 Å². The minimum atomic E-state index is -3.25. The lowest BCUT2D eigenvalue weighted by Gasteiger charge is -2.33. The molecule has 2 aliphatic carbocycles. The number of carboxylic acids is 1. The first-order valence-corrected chi connectivity index (χ1v) is 24.9. The van der Waals surface area contributed by atoms with E-state index in [1.807, 2.05) is 36.4 Å². The average Bonchev–Trinajstić information content (AvgIpc) is 3.79. The number of fused-ring (bicyclic) bond motifs is 2. The number of amides is 1. The summed E-state index contributed by atoms with van der Waals surface area (Å²) in [6, 6.07) is 34.9. The van der Waals surface area contributed by atoms with Crippen molar-refractivity contribution in [2.24, 2.45) is 0 Å². The highest BCUT2D eigenvalue weighted by molar-refractivity contribution is 7.88. The van der Waals surface area contributed by atoms with Crippen LogP contribution in [0.2, 0.25) is 20.1 Å². The number of piperazine rings is 1. The normalized spacial score (nSPS) is 15.7. The lowest BCUT2D eigenvalue weighted by molar-refractivity contribution is 0.0689. The second-order valence-electron chi connectivity index (χ2n) is 16.6. The molecule has 1 amide bonds. The molecule has 6 aromatic carbocycles. The van der Waals surface area contributed by atoms with E-state index in [9.17, 15) is 27.6 Å². The number of sulfonamides is 1. The summed E-state index contributed by atoms with van der Waals surface area (Å²) < 4.78 is 36.6. The molecule has 0 unspecified atom stereocenters. The van der Waals surface area contributed by atoms with Crippen LogP contribution < -0.4 is 9.47 Å². The van der Waals surface area contributed by atoms with Gasteiger partial charge in [-0.25, -0.2) is 13.2 Å².